The van der Waals surface area contributed by atoms with Crippen molar-refractivity contribution in [1.82, 2.24) is 4.90 Å². The van der Waals surface area contributed by atoms with E-state index < -0.39 is 0 Å². The van der Waals surface area contributed by atoms with Crippen molar-refractivity contribution >= 4 is 17.2 Å². The summed E-state index contributed by atoms with van der Waals surface area (Å²) in [6.07, 6.45) is 0. The first-order valence-electron chi connectivity index (χ1n) is 5.87. The second-order valence-electron chi connectivity index (χ2n) is 4.46. The van der Waals surface area contributed by atoms with Crippen LogP contribution in [0, 0.1) is 0 Å². The molecule has 3 nitrogen and oxygen atoms in total. The molecule has 1 fully saturated rings. The third-order valence-electron chi connectivity index (χ3n) is 3.13. The van der Waals surface area contributed by atoms with Crippen molar-refractivity contribution in [2.45, 2.75) is 19.5 Å². The number of morpholine rings is 1. The maximum absolute atomic E-state index is 5.57. The molecule has 1 heterocycles. The number of benzene rings is 1. The van der Waals surface area contributed by atoms with E-state index in [-0.39, 0.29) is 0 Å². The van der Waals surface area contributed by atoms with Gasteiger partial charge in [0, 0.05) is 24.7 Å². The monoisotopic (exact) mass is 250 g/mol. The molecule has 17 heavy (non-hydrogen) atoms. The quantitative estimate of drug-likeness (QED) is 0.826. The minimum absolute atomic E-state index is 0.455. The van der Waals surface area contributed by atoms with Gasteiger partial charge in [0.25, 0.3) is 0 Å². The van der Waals surface area contributed by atoms with Crippen LogP contribution < -0.4 is 5.73 Å². The van der Waals surface area contributed by atoms with Gasteiger partial charge in [-0.2, -0.15) is 0 Å². The van der Waals surface area contributed by atoms with E-state index in [1.54, 1.807) is 0 Å². The van der Waals surface area contributed by atoms with Crippen molar-refractivity contribution < 1.29 is 4.74 Å². The topological polar surface area (TPSA) is 38.5 Å². The summed E-state index contributed by atoms with van der Waals surface area (Å²) in [5.41, 5.74) is 7.79. The third kappa shape index (κ3) is 3.25. The fourth-order valence-electron chi connectivity index (χ4n) is 2.01. The molecular formula is C13H18N2OS. The smallest absolute Gasteiger partial charge is 0.103 e. The summed E-state index contributed by atoms with van der Waals surface area (Å²) < 4.78 is 5.42. The predicted octanol–water partition coefficient (Wildman–Crippen LogP) is 1.54. The minimum atomic E-state index is 0.455. The maximum Gasteiger partial charge on any atom is 0.103 e. The van der Waals surface area contributed by atoms with Gasteiger partial charge in [-0.3, -0.25) is 4.90 Å². The molecule has 2 rings (SSSR count). The van der Waals surface area contributed by atoms with Gasteiger partial charge in [0.05, 0.1) is 13.2 Å². The Morgan fingerprint density at radius 2 is 2.18 bits per heavy atom. The fourth-order valence-corrected chi connectivity index (χ4v) is 2.14. The van der Waals surface area contributed by atoms with Gasteiger partial charge in [0.2, 0.25) is 0 Å². The van der Waals surface area contributed by atoms with Crippen LogP contribution in [0.5, 0.6) is 0 Å². The van der Waals surface area contributed by atoms with Crippen LogP contribution in [0.15, 0.2) is 24.3 Å². The number of rotatable bonds is 3. The Morgan fingerprint density at radius 1 is 1.47 bits per heavy atom. The van der Waals surface area contributed by atoms with Gasteiger partial charge in [-0.15, -0.1) is 0 Å². The van der Waals surface area contributed by atoms with Gasteiger partial charge in [0.15, 0.2) is 0 Å². The molecule has 92 valence electrons. The molecule has 1 aromatic carbocycles. The average Bonchev–Trinajstić information content (AvgIpc) is 2.33. The molecule has 0 bridgehead atoms. The highest BCUT2D eigenvalue weighted by Crippen LogP contribution is 2.12. The second-order valence-corrected chi connectivity index (χ2v) is 4.90. The molecule has 1 atom stereocenters. The van der Waals surface area contributed by atoms with Crippen LogP contribution in [-0.4, -0.2) is 35.7 Å². The summed E-state index contributed by atoms with van der Waals surface area (Å²) in [6.45, 7) is 5.81. The molecule has 1 aliphatic heterocycles. The molecule has 0 aliphatic carbocycles. The lowest BCUT2D eigenvalue weighted by Gasteiger charge is -2.33. The van der Waals surface area contributed by atoms with E-state index in [0.29, 0.717) is 11.0 Å². The fraction of sp³-hybridized carbons (Fsp3) is 0.462. The Bertz CT molecular complexity index is 391. The van der Waals surface area contributed by atoms with E-state index in [9.17, 15) is 0 Å². The molecule has 0 amide bonds. The molecule has 4 heteroatoms. The van der Waals surface area contributed by atoms with Crippen molar-refractivity contribution in [2.75, 3.05) is 19.8 Å². The predicted molar refractivity (Wildman–Crippen MR) is 73.0 cm³/mol. The van der Waals surface area contributed by atoms with E-state index in [1.165, 1.54) is 5.56 Å². The second kappa shape index (κ2) is 5.58. The van der Waals surface area contributed by atoms with Crippen LogP contribution in [0.25, 0.3) is 0 Å². The average molecular weight is 250 g/mol. The van der Waals surface area contributed by atoms with Gasteiger partial charge < -0.3 is 10.5 Å². The standard InChI is InChI=1S/C13H18N2OS/c1-10-9-16-7-6-15(10)8-11-2-4-12(5-3-11)13(14)17/h2-5,10H,6-9H2,1H3,(H2,14,17). The minimum Gasteiger partial charge on any atom is -0.389 e. The first-order valence-corrected chi connectivity index (χ1v) is 6.28. The van der Waals surface area contributed by atoms with Gasteiger partial charge in [0.1, 0.15) is 4.99 Å². The molecule has 0 radical (unpaired) electrons. The highest BCUT2D eigenvalue weighted by atomic mass is 32.1. The zero-order chi connectivity index (χ0) is 12.3. The van der Waals surface area contributed by atoms with E-state index in [2.05, 4.69) is 24.0 Å². The molecule has 0 saturated carbocycles. The highest BCUT2D eigenvalue weighted by Gasteiger charge is 2.18. The first kappa shape index (κ1) is 12.5. The third-order valence-corrected chi connectivity index (χ3v) is 3.37. The highest BCUT2D eigenvalue weighted by molar-refractivity contribution is 7.80. The molecule has 1 aliphatic rings. The summed E-state index contributed by atoms with van der Waals surface area (Å²) >= 11 is 4.94. The SMILES string of the molecule is CC1COCCN1Cc1ccc(C(N)=S)cc1. The molecule has 1 unspecified atom stereocenters. The van der Waals surface area contributed by atoms with E-state index >= 15 is 0 Å². The van der Waals surface area contributed by atoms with E-state index in [1.807, 2.05) is 12.1 Å². The van der Waals surface area contributed by atoms with Gasteiger partial charge in [-0.05, 0) is 12.5 Å². The Balaban J connectivity index is 2.00. The summed E-state index contributed by atoms with van der Waals surface area (Å²) in [4.78, 5) is 2.88. The Kier molecular flexibility index (Phi) is 4.10. The van der Waals surface area contributed by atoms with Gasteiger partial charge >= 0.3 is 0 Å². The summed E-state index contributed by atoms with van der Waals surface area (Å²) in [5, 5.41) is 0. The molecule has 0 aromatic heterocycles. The lowest BCUT2D eigenvalue weighted by atomic mass is 10.1. The summed E-state index contributed by atoms with van der Waals surface area (Å²) in [7, 11) is 0. The van der Waals surface area contributed by atoms with Crippen LogP contribution in [-0.2, 0) is 11.3 Å². The van der Waals surface area contributed by atoms with E-state index in [4.69, 9.17) is 22.7 Å². The van der Waals surface area contributed by atoms with Gasteiger partial charge in [-0.25, -0.2) is 0 Å². The molecule has 2 N–H and O–H groups in total. The summed E-state index contributed by atoms with van der Waals surface area (Å²) in [6, 6.07) is 8.65. The zero-order valence-corrected chi connectivity index (χ0v) is 10.9. The van der Waals surface area contributed by atoms with E-state index in [0.717, 1.165) is 31.9 Å². The van der Waals surface area contributed by atoms with Crippen molar-refractivity contribution in [2.24, 2.45) is 5.73 Å². The number of ether oxygens (including phenoxy) is 1. The van der Waals surface area contributed by atoms with Crippen LogP contribution in [0.2, 0.25) is 0 Å². The normalized spacial score (nSPS) is 21.4. The van der Waals surface area contributed by atoms with Crippen molar-refractivity contribution in [3.05, 3.63) is 35.4 Å². The number of hydrogen-bond donors (Lipinski definition) is 1. The Morgan fingerprint density at radius 3 is 2.76 bits per heavy atom. The largest absolute Gasteiger partial charge is 0.389 e. The number of nitrogens with two attached hydrogens (primary N) is 1. The molecule has 1 saturated heterocycles. The van der Waals surface area contributed by atoms with Crippen molar-refractivity contribution in [1.29, 1.82) is 0 Å². The van der Waals surface area contributed by atoms with Crippen molar-refractivity contribution in [3.63, 3.8) is 0 Å². The number of thiocarbonyl (C=S) groups is 1. The zero-order valence-electron chi connectivity index (χ0n) is 10.1. The number of nitrogens with zero attached hydrogens (tertiary/aromatic N) is 1. The molecular weight excluding hydrogens is 232 g/mol. The molecule has 1 aromatic rings. The molecule has 0 spiro atoms. The Labute approximate surface area is 108 Å². The summed E-state index contributed by atoms with van der Waals surface area (Å²) in [5.74, 6) is 0. The van der Waals surface area contributed by atoms with Gasteiger partial charge in [-0.1, -0.05) is 36.5 Å². The van der Waals surface area contributed by atoms with Crippen LogP contribution in [0.4, 0.5) is 0 Å². The maximum atomic E-state index is 5.57. The Hall–Kier alpha value is -0.970. The van der Waals surface area contributed by atoms with Crippen LogP contribution in [0.3, 0.4) is 0 Å². The lowest BCUT2D eigenvalue weighted by Crippen LogP contribution is -2.42. The first-order chi connectivity index (χ1) is 8.16. The lowest BCUT2D eigenvalue weighted by molar-refractivity contribution is -0.00436. The van der Waals surface area contributed by atoms with Crippen molar-refractivity contribution in [3.8, 4) is 0 Å². The van der Waals surface area contributed by atoms with Crippen LogP contribution in [0.1, 0.15) is 18.1 Å². The van der Waals surface area contributed by atoms with Crippen LogP contribution >= 0.6 is 12.2 Å². The number of hydrogen-bond acceptors (Lipinski definition) is 3.